The van der Waals surface area contributed by atoms with Crippen molar-refractivity contribution >= 4 is 22.0 Å². The summed E-state index contributed by atoms with van der Waals surface area (Å²) in [5, 5.41) is 8.65. The third kappa shape index (κ3) is 2.17. The van der Waals surface area contributed by atoms with Gasteiger partial charge in [0.2, 0.25) is 10.0 Å². The molecular weight excluding hydrogens is 186 g/mol. The van der Waals surface area contributed by atoms with E-state index in [0.717, 1.165) is 0 Å². The van der Waals surface area contributed by atoms with Crippen LogP contribution in [0.25, 0.3) is 0 Å². The first-order valence-electron chi connectivity index (χ1n) is 3.00. The molecule has 0 spiro atoms. The average Bonchev–Trinajstić information content (AvgIpc) is 2.06. The summed E-state index contributed by atoms with van der Waals surface area (Å²) < 4.78 is 21.0. The first-order chi connectivity index (χ1) is 5.38. The molecule has 0 aromatic rings. The van der Waals surface area contributed by atoms with Crippen molar-refractivity contribution in [3.63, 3.8) is 0 Å². The number of rotatable bonds is 2. The number of carbonyl (C=O) groups is 2. The lowest BCUT2D eigenvalue weighted by Gasteiger charge is -2.03. The van der Waals surface area contributed by atoms with Crippen LogP contribution in [0, 0.1) is 0 Å². The fourth-order valence-corrected chi connectivity index (χ4v) is 1.51. The fourth-order valence-electron chi connectivity index (χ4n) is 0.809. The van der Waals surface area contributed by atoms with E-state index < -0.39 is 33.8 Å². The molecule has 7 nitrogen and oxygen atoms in total. The van der Waals surface area contributed by atoms with E-state index in [4.69, 9.17) is 0 Å². The maximum absolute atomic E-state index is 10.7. The molecule has 4 N–H and O–H groups in total. The van der Waals surface area contributed by atoms with Gasteiger partial charge in [-0.15, -0.1) is 0 Å². The van der Waals surface area contributed by atoms with E-state index >= 15 is 0 Å². The zero-order valence-electron chi connectivity index (χ0n) is 5.90. The molecule has 1 rings (SSSR count). The molecule has 1 saturated heterocycles. The number of urea groups is 1. The summed E-state index contributed by atoms with van der Waals surface area (Å²) in [6.45, 7) is 0. The molecule has 1 atom stereocenters. The molecule has 12 heavy (non-hydrogen) atoms. The van der Waals surface area contributed by atoms with Gasteiger partial charge in [0.25, 0.3) is 5.91 Å². The lowest BCUT2D eigenvalue weighted by atomic mass is 10.3. The van der Waals surface area contributed by atoms with Gasteiger partial charge in [0.1, 0.15) is 6.04 Å². The Morgan fingerprint density at radius 3 is 2.33 bits per heavy atom. The number of nitrogens with one attached hydrogen (secondary N) is 2. The van der Waals surface area contributed by atoms with Gasteiger partial charge in [0.05, 0.1) is 5.75 Å². The lowest BCUT2D eigenvalue weighted by molar-refractivity contribution is -0.119. The predicted octanol–water partition coefficient (Wildman–Crippen LogP) is -2.52. The highest BCUT2D eigenvalue weighted by molar-refractivity contribution is 7.89. The Labute approximate surface area is 68.4 Å². The number of hydrogen-bond acceptors (Lipinski definition) is 4. The second-order valence-electron chi connectivity index (χ2n) is 2.34. The van der Waals surface area contributed by atoms with Crippen LogP contribution in [-0.4, -0.2) is 32.2 Å². The summed E-state index contributed by atoms with van der Waals surface area (Å²) in [4.78, 5) is 21.2. The van der Waals surface area contributed by atoms with Crippen molar-refractivity contribution < 1.29 is 18.0 Å². The topological polar surface area (TPSA) is 118 Å². The van der Waals surface area contributed by atoms with E-state index in [1.54, 1.807) is 0 Å². The van der Waals surface area contributed by atoms with Crippen molar-refractivity contribution in [3.8, 4) is 0 Å². The standard InChI is InChI=1S/C4H7N3O4S/c5-12(10,11)1-2-3(8)7-4(9)6-2/h2H,1H2,(H2,5,10,11)(H2,6,7,8,9). The molecule has 8 heteroatoms. The first-order valence-corrected chi connectivity index (χ1v) is 4.72. The van der Waals surface area contributed by atoms with Crippen molar-refractivity contribution in [2.75, 3.05) is 5.75 Å². The van der Waals surface area contributed by atoms with Crippen LogP contribution < -0.4 is 15.8 Å². The third-order valence-corrected chi connectivity index (χ3v) is 2.06. The van der Waals surface area contributed by atoms with Gasteiger partial charge in [-0.3, -0.25) is 10.1 Å². The molecule has 0 radical (unpaired) electrons. The summed E-state index contributed by atoms with van der Waals surface area (Å²) in [7, 11) is -3.74. The molecule has 0 aromatic heterocycles. The van der Waals surface area contributed by atoms with Gasteiger partial charge >= 0.3 is 6.03 Å². The molecule has 0 aromatic carbocycles. The number of sulfonamides is 1. The first kappa shape index (κ1) is 8.94. The van der Waals surface area contributed by atoms with Crippen molar-refractivity contribution in [3.05, 3.63) is 0 Å². The SMILES string of the molecule is NS(=O)(=O)CC1NC(=O)NC1=O. The number of hydrogen-bond donors (Lipinski definition) is 3. The van der Waals surface area contributed by atoms with Crippen molar-refractivity contribution in [2.45, 2.75) is 6.04 Å². The minimum atomic E-state index is -3.74. The maximum atomic E-state index is 10.7. The fraction of sp³-hybridized carbons (Fsp3) is 0.500. The van der Waals surface area contributed by atoms with Crippen LogP contribution in [0.5, 0.6) is 0 Å². The second-order valence-corrected chi connectivity index (χ2v) is 4.00. The molecule has 1 heterocycles. The predicted molar refractivity (Wildman–Crippen MR) is 38.4 cm³/mol. The Morgan fingerprint density at radius 2 is 2.00 bits per heavy atom. The van der Waals surface area contributed by atoms with Crippen molar-refractivity contribution in [2.24, 2.45) is 5.14 Å². The number of amides is 3. The van der Waals surface area contributed by atoms with E-state index in [-0.39, 0.29) is 0 Å². The van der Waals surface area contributed by atoms with E-state index in [1.165, 1.54) is 0 Å². The van der Waals surface area contributed by atoms with E-state index in [1.807, 2.05) is 5.32 Å². The zero-order chi connectivity index (χ0) is 9.35. The molecule has 1 aliphatic heterocycles. The van der Waals surface area contributed by atoms with Crippen LogP contribution >= 0.6 is 0 Å². The molecule has 1 unspecified atom stereocenters. The largest absolute Gasteiger partial charge is 0.325 e. The summed E-state index contributed by atoms with van der Waals surface area (Å²) in [6, 6.07) is -1.76. The Bertz CT molecular complexity index is 321. The smallest absolute Gasteiger partial charge is 0.322 e. The van der Waals surface area contributed by atoms with Crippen LogP contribution in [0.4, 0.5) is 4.79 Å². The number of carbonyl (C=O) groups excluding carboxylic acids is 2. The molecule has 68 valence electrons. The normalized spacial score (nSPS) is 23.6. The van der Waals surface area contributed by atoms with Gasteiger partial charge in [-0.05, 0) is 0 Å². The van der Waals surface area contributed by atoms with Crippen molar-refractivity contribution in [1.82, 2.24) is 10.6 Å². The number of imide groups is 1. The molecule has 0 aliphatic carbocycles. The van der Waals surface area contributed by atoms with Crippen LogP contribution in [0.2, 0.25) is 0 Å². The Morgan fingerprint density at radius 1 is 1.42 bits per heavy atom. The molecule has 0 bridgehead atoms. The quantitative estimate of drug-likeness (QED) is 0.419. The monoisotopic (exact) mass is 193 g/mol. The van der Waals surface area contributed by atoms with Gasteiger partial charge in [-0.1, -0.05) is 0 Å². The summed E-state index contributed by atoms with van der Waals surface area (Å²) >= 11 is 0. The number of nitrogens with two attached hydrogens (primary N) is 1. The van der Waals surface area contributed by atoms with Gasteiger partial charge in [0.15, 0.2) is 0 Å². The second kappa shape index (κ2) is 2.72. The molecule has 0 saturated carbocycles. The average molecular weight is 193 g/mol. The highest BCUT2D eigenvalue weighted by Gasteiger charge is 2.32. The Balaban J connectivity index is 2.67. The minimum Gasteiger partial charge on any atom is -0.325 e. The van der Waals surface area contributed by atoms with Crippen LogP contribution in [0.3, 0.4) is 0 Å². The molecule has 1 fully saturated rings. The van der Waals surface area contributed by atoms with Crippen molar-refractivity contribution in [1.29, 1.82) is 0 Å². The van der Waals surface area contributed by atoms with Gasteiger partial charge in [-0.2, -0.15) is 0 Å². The Kier molecular flexibility index (Phi) is 2.02. The van der Waals surface area contributed by atoms with E-state index in [2.05, 4.69) is 10.5 Å². The maximum Gasteiger partial charge on any atom is 0.322 e. The molecule has 3 amide bonds. The summed E-state index contributed by atoms with van der Waals surface area (Å²) in [5.74, 6) is -1.25. The van der Waals surface area contributed by atoms with Crippen LogP contribution in [0.1, 0.15) is 0 Å². The summed E-state index contributed by atoms with van der Waals surface area (Å²) in [6.07, 6.45) is 0. The zero-order valence-corrected chi connectivity index (χ0v) is 6.72. The van der Waals surface area contributed by atoms with Gasteiger partial charge < -0.3 is 5.32 Å². The minimum absolute atomic E-state index is 0.579. The van der Waals surface area contributed by atoms with E-state index in [0.29, 0.717) is 0 Å². The lowest BCUT2D eigenvalue weighted by Crippen LogP contribution is -2.38. The van der Waals surface area contributed by atoms with Gasteiger partial charge in [0, 0.05) is 0 Å². The van der Waals surface area contributed by atoms with Crippen LogP contribution in [-0.2, 0) is 14.8 Å². The summed E-state index contributed by atoms with van der Waals surface area (Å²) in [5.41, 5.74) is 0. The van der Waals surface area contributed by atoms with E-state index in [9.17, 15) is 18.0 Å². The molecular formula is C4H7N3O4S. The Hall–Kier alpha value is -1.15. The highest BCUT2D eigenvalue weighted by Crippen LogP contribution is 1.95. The van der Waals surface area contributed by atoms with Gasteiger partial charge in [-0.25, -0.2) is 18.4 Å². The third-order valence-electron chi connectivity index (χ3n) is 1.26. The highest BCUT2D eigenvalue weighted by atomic mass is 32.2. The van der Waals surface area contributed by atoms with Crippen LogP contribution in [0.15, 0.2) is 0 Å². The number of primary sulfonamides is 1. The molecule has 1 aliphatic rings.